The fourth-order valence-corrected chi connectivity index (χ4v) is 2.00. The summed E-state index contributed by atoms with van der Waals surface area (Å²) in [6.45, 7) is 1.87. The molecule has 3 nitrogen and oxygen atoms in total. The predicted octanol–water partition coefficient (Wildman–Crippen LogP) is 2.73. The fourth-order valence-electron chi connectivity index (χ4n) is 1.57. The first-order valence-corrected chi connectivity index (χ1v) is 5.47. The van der Waals surface area contributed by atoms with E-state index < -0.39 is 0 Å². The minimum atomic E-state index is -0.363. The SMILES string of the molecule is CCC1Nc2c(F)cc(Br)cc2NC1=O. The van der Waals surface area contributed by atoms with Gasteiger partial charge in [-0.05, 0) is 18.6 Å². The Morgan fingerprint density at radius 2 is 2.27 bits per heavy atom. The molecule has 1 heterocycles. The number of benzene rings is 1. The maximum Gasteiger partial charge on any atom is 0.246 e. The number of fused-ring (bicyclic) bond motifs is 1. The Kier molecular flexibility index (Phi) is 2.65. The molecule has 0 radical (unpaired) electrons. The van der Waals surface area contributed by atoms with Gasteiger partial charge in [0.2, 0.25) is 5.91 Å². The van der Waals surface area contributed by atoms with Crippen molar-refractivity contribution in [3.8, 4) is 0 Å². The summed E-state index contributed by atoms with van der Waals surface area (Å²) in [5, 5.41) is 5.56. The second-order valence-electron chi connectivity index (χ2n) is 3.40. The molecule has 2 N–H and O–H groups in total. The normalized spacial score (nSPS) is 19.1. The highest BCUT2D eigenvalue weighted by molar-refractivity contribution is 9.10. The molecule has 0 saturated heterocycles. The zero-order chi connectivity index (χ0) is 11.0. The lowest BCUT2D eigenvalue weighted by Gasteiger charge is -2.26. The molecular weight excluding hydrogens is 263 g/mol. The van der Waals surface area contributed by atoms with E-state index in [0.717, 1.165) is 0 Å². The first-order valence-electron chi connectivity index (χ1n) is 4.68. The van der Waals surface area contributed by atoms with E-state index in [2.05, 4.69) is 26.6 Å². The highest BCUT2D eigenvalue weighted by Crippen LogP contribution is 2.33. The molecule has 0 bridgehead atoms. The number of halogens is 2. The first-order chi connectivity index (χ1) is 7.11. The van der Waals surface area contributed by atoms with Crippen LogP contribution in [-0.4, -0.2) is 11.9 Å². The Morgan fingerprint density at radius 3 is 2.93 bits per heavy atom. The van der Waals surface area contributed by atoms with Crippen molar-refractivity contribution >= 4 is 33.2 Å². The van der Waals surface area contributed by atoms with Gasteiger partial charge in [-0.1, -0.05) is 22.9 Å². The number of nitrogens with one attached hydrogen (secondary N) is 2. The number of hydrogen-bond donors (Lipinski definition) is 2. The molecule has 1 amide bonds. The van der Waals surface area contributed by atoms with Gasteiger partial charge >= 0.3 is 0 Å². The Labute approximate surface area is 95.2 Å². The van der Waals surface area contributed by atoms with Crippen molar-refractivity contribution in [2.45, 2.75) is 19.4 Å². The third kappa shape index (κ3) is 1.84. The van der Waals surface area contributed by atoms with Gasteiger partial charge < -0.3 is 10.6 Å². The number of hydrogen-bond acceptors (Lipinski definition) is 2. The number of anilines is 2. The average molecular weight is 273 g/mol. The maximum atomic E-state index is 13.5. The van der Waals surface area contributed by atoms with E-state index in [1.165, 1.54) is 6.07 Å². The second-order valence-corrected chi connectivity index (χ2v) is 4.32. The van der Waals surface area contributed by atoms with Crippen LogP contribution in [0, 0.1) is 5.82 Å². The van der Waals surface area contributed by atoms with Crippen molar-refractivity contribution in [1.82, 2.24) is 0 Å². The standard InChI is InChI=1S/C10H10BrFN2O/c1-2-7-10(15)14-8-4-5(11)3-6(12)9(8)13-7/h3-4,7,13H,2H2,1H3,(H,14,15). The molecular formula is C10H10BrFN2O. The molecule has 1 aliphatic rings. The minimum Gasteiger partial charge on any atom is -0.370 e. The Morgan fingerprint density at radius 1 is 1.53 bits per heavy atom. The summed E-state index contributed by atoms with van der Waals surface area (Å²) in [6.07, 6.45) is 0.626. The molecule has 1 aromatic rings. The van der Waals surface area contributed by atoms with E-state index in [9.17, 15) is 9.18 Å². The van der Waals surface area contributed by atoms with Gasteiger partial charge in [0.05, 0.1) is 11.4 Å². The molecule has 0 aromatic heterocycles. The number of carbonyl (C=O) groups is 1. The molecule has 1 aliphatic heterocycles. The van der Waals surface area contributed by atoms with Gasteiger partial charge in [-0.3, -0.25) is 4.79 Å². The van der Waals surface area contributed by atoms with E-state index in [1.54, 1.807) is 6.07 Å². The number of amides is 1. The van der Waals surface area contributed by atoms with Crippen LogP contribution in [0.4, 0.5) is 15.8 Å². The number of rotatable bonds is 1. The van der Waals surface area contributed by atoms with Crippen molar-refractivity contribution in [3.05, 3.63) is 22.4 Å². The average Bonchev–Trinajstić information content (AvgIpc) is 2.16. The molecule has 15 heavy (non-hydrogen) atoms. The Balaban J connectivity index is 2.45. The molecule has 5 heteroatoms. The molecule has 1 atom stereocenters. The van der Waals surface area contributed by atoms with Crippen LogP contribution in [0.2, 0.25) is 0 Å². The third-order valence-corrected chi connectivity index (χ3v) is 2.81. The van der Waals surface area contributed by atoms with Gasteiger partial charge in [-0.2, -0.15) is 0 Å². The van der Waals surface area contributed by atoms with Crippen LogP contribution in [0.1, 0.15) is 13.3 Å². The van der Waals surface area contributed by atoms with Crippen LogP contribution in [0.15, 0.2) is 16.6 Å². The largest absolute Gasteiger partial charge is 0.370 e. The molecule has 0 saturated carbocycles. The lowest BCUT2D eigenvalue weighted by atomic mass is 10.1. The van der Waals surface area contributed by atoms with Crippen LogP contribution in [0.5, 0.6) is 0 Å². The highest BCUT2D eigenvalue weighted by Gasteiger charge is 2.26. The van der Waals surface area contributed by atoms with Crippen molar-refractivity contribution in [3.63, 3.8) is 0 Å². The molecule has 0 spiro atoms. The summed E-state index contributed by atoms with van der Waals surface area (Å²) in [5.74, 6) is -0.486. The lowest BCUT2D eigenvalue weighted by molar-refractivity contribution is -0.117. The van der Waals surface area contributed by atoms with E-state index in [0.29, 0.717) is 22.3 Å². The second kappa shape index (κ2) is 3.81. The molecule has 2 rings (SSSR count). The van der Waals surface area contributed by atoms with Crippen LogP contribution >= 0.6 is 15.9 Å². The topological polar surface area (TPSA) is 41.1 Å². The predicted molar refractivity (Wildman–Crippen MR) is 60.4 cm³/mol. The maximum absolute atomic E-state index is 13.5. The minimum absolute atomic E-state index is 0.123. The van der Waals surface area contributed by atoms with E-state index in [1.807, 2.05) is 6.92 Å². The summed E-state index contributed by atoms with van der Waals surface area (Å²) in [5.41, 5.74) is 0.848. The molecule has 0 fully saturated rings. The van der Waals surface area contributed by atoms with Gasteiger partial charge in [0.1, 0.15) is 11.9 Å². The van der Waals surface area contributed by atoms with Gasteiger partial charge in [0, 0.05) is 4.47 Å². The fraction of sp³-hybridized carbons (Fsp3) is 0.300. The van der Waals surface area contributed by atoms with Crippen LogP contribution in [0.3, 0.4) is 0 Å². The van der Waals surface area contributed by atoms with Gasteiger partial charge in [-0.25, -0.2) is 4.39 Å². The zero-order valence-corrected chi connectivity index (χ0v) is 9.69. The zero-order valence-electron chi connectivity index (χ0n) is 8.10. The Bertz CT molecular complexity index is 422. The van der Waals surface area contributed by atoms with Gasteiger partial charge in [0.15, 0.2) is 0 Å². The van der Waals surface area contributed by atoms with E-state index >= 15 is 0 Å². The molecule has 0 aliphatic carbocycles. The highest BCUT2D eigenvalue weighted by atomic mass is 79.9. The monoisotopic (exact) mass is 272 g/mol. The number of carbonyl (C=O) groups excluding carboxylic acids is 1. The Hall–Kier alpha value is -1.10. The summed E-state index contributed by atoms with van der Waals surface area (Å²) in [4.78, 5) is 11.5. The smallest absolute Gasteiger partial charge is 0.246 e. The van der Waals surface area contributed by atoms with Gasteiger partial charge in [0.25, 0.3) is 0 Å². The van der Waals surface area contributed by atoms with Crippen LogP contribution < -0.4 is 10.6 Å². The summed E-state index contributed by atoms with van der Waals surface area (Å²) < 4.78 is 14.1. The van der Waals surface area contributed by atoms with E-state index in [-0.39, 0.29) is 17.8 Å². The van der Waals surface area contributed by atoms with Crippen LogP contribution in [0.25, 0.3) is 0 Å². The summed E-state index contributed by atoms with van der Waals surface area (Å²) in [6, 6.07) is 2.69. The molecule has 80 valence electrons. The van der Waals surface area contributed by atoms with Gasteiger partial charge in [-0.15, -0.1) is 0 Å². The lowest BCUT2D eigenvalue weighted by Crippen LogP contribution is -2.38. The summed E-state index contributed by atoms with van der Waals surface area (Å²) >= 11 is 3.17. The molecule has 1 unspecified atom stereocenters. The van der Waals surface area contributed by atoms with Crippen molar-refractivity contribution in [1.29, 1.82) is 0 Å². The third-order valence-electron chi connectivity index (χ3n) is 2.36. The van der Waals surface area contributed by atoms with Crippen molar-refractivity contribution < 1.29 is 9.18 Å². The van der Waals surface area contributed by atoms with E-state index in [4.69, 9.17) is 0 Å². The van der Waals surface area contributed by atoms with Crippen molar-refractivity contribution in [2.24, 2.45) is 0 Å². The molecule has 1 aromatic carbocycles. The first kappa shape index (κ1) is 10.4. The quantitative estimate of drug-likeness (QED) is 0.826. The van der Waals surface area contributed by atoms with Crippen LogP contribution in [-0.2, 0) is 4.79 Å². The summed E-state index contributed by atoms with van der Waals surface area (Å²) in [7, 11) is 0. The van der Waals surface area contributed by atoms with Crippen molar-refractivity contribution in [2.75, 3.05) is 10.6 Å².